The fourth-order valence-corrected chi connectivity index (χ4v) is 2.35. The largest absolute Gasteiger partial charge is 0.332 e. The molecule has 0 bridgehead atoms. The van der Waals surface area contributed by atoms with Crippen molar-refractivity contribution in [3.8, 4) is 0 Å². The molecule has 4 nitrogen and oxygen atoms in total. The Morgan fingerprint density at radius 1 is 1.04 bits per heavy atom. The standard InChI is InChI=1S/C17H15FN4S/c18-14-7-4-8-15(11-14)19-17(23)20-16-9-10-22(21-16)12-13-5-2-1-3-6-13/h1-11H,12H2,(H2,19,20,21,23). The van der Waals surface area contributed by atoms with E-state index in [-0.39, 0.29) is 5.82 Å². The Labute approximate surface area is 139 Å². The van der Waals surface area contributed by atoms with Gasteiger partial charge in [0, 0.05) is 18.0 Å². The quantitative estimate of drug-likeness (QED) is 0.714. The van der Waals surface area contributed by atoms with Crippen molar-refractivity contribution in [1.82, 2.24) is 9.78 Å². The van der Waals surface area contributed by atoms with Gasteiger partial charge in [-0.25, -0.2) is 4.39 Å². The van der Waals surface area contributed by atoms with E-state index in [2.05, 4.69) is 15.7 Å². The van der Waals surface area contributed by atoms with Crippen LogP contribution in [0.15, 0.2) is 66.9 Å². The van der Waals surface area contributed by atoms with Crippen molar-refractivity contribution >= 4 is 28.8 Å². The molecule has 0 unspecified atom stereocenters. The maximum Gasteiger partial charge on any atom is 0.176 e. The molecule has 0 aliphatic carbocycles. The first kappa shape index (κ1) is 15.2. The summed E-state index contributed by atoms with van der Waals surface area (Å²) in [5, 5.41) is 10.7. The van der Waals surface area contributed by atoms with Crippen LogP contribution in [-0.2, 0) is 6.54 Å². The van der Waals surface area contributed by atoms with Crippen molar-refractivity contribution in [2.24, 2.45) is 0 Å². The van der Waals surface area contributed by atoms with Gasteiger partial charge in [-0.05, 0) is 36.0 Å². The van der Waals surface area contributed by atoms with E-state index in [4.69, 9.17) is 12.2 Å². The second kappa shape index (κ2) is 7.02. The molecule has 2 N–H and O–H groups in total. The number of hydrogen-bond donors (Lipinski definition) is 2. The van der Waals surface area contributed by atoms with E-state index in [1.54, 1.807) is 12.1 Å². The van der Waals surface area contributed by atoms with Crippen LogP contribution in [0.1, 0.15) is 5.56 Å². The number of hydrogen-bond acceptors (Lipinski definition) is 2. The molecule has 0 spiro atoms. The smallest absolute Gasteiger partial charge is 0.176 e. The van der Waals surface area contributed by atoms with Gasteiger partial charge in [0.05, 0.1) is 6.54 Å². The minimum atomic E-state index is -0.315. The Bertz CT molecular complexity index is 801. The Kier molecular flexibility index (Phi) is 4.63. The van der Waals surface area contributed by atoms with Crippen molar-refractivity contribution in [2.45, 2.75) is 6.54 Å². The summed E-state index contributed by atoms with van der Waals surface area (Å²) in [6.07, 6.45) is 1.88. The van der Waals surface area contributed by atoms with Crippen molar-refractivity contribution in [3.05, 3.63) is 78.2 Å². The van der Waals surface area contributed by atoms with Crippen LogP contribution in [0.3, 0.4) is 0 Å². The predicted octanol–water partition coefficient (Wildman–Crippen LogP) is 3.88. The zero-order chi connectivity index (χ0) is 16.1. The van der Waals surface area contributed by atoms with Gasteiger partial charge in [-0.1, -0.05) is 36.4 Å². The minimum Gasteiger partial charge on any atom is -0.332 e. The minimum absolute atomic E-state index is 0.315. The van der Waals surface area contributed by atoms with Gasteiger partial charge >= 0.3 is 0 Å². The van der Waals surface area contributed by atoms with Crippen LogP contribution < -0.4 is 10.6 Å². The van der Waals surface area contributed by atoms with E-state index in [0.29, 0.717) is 23.2 Å². The van der Waals surface area contributed by atoms with E-state index in [0.717, 1.165) is 0 Å². The molecular weight excluding hydrogens is 311 g/mol. The fraction of sp³-hybridized carbons (Fsp3) is 0.0588. The van der Waals surface area contributed by atoms with Crippen LogP contribution in [0.5, 0.6) is 0 Å². The maximum absolute atomic E-state index is 13.1. The van der Waals surface area contributed by atoms with E-state index < -0.39 is 0 Å². The number of benzene rings is 2. The monoisotopic (exact) mass is 326 g/mol. The van der Waals surface area contributed by atoms with E-state index >= 15 is 0 Å². The molecule has 0 aliphatic heterocycles. The second-order valence-corrected chi connectivity index (χ2v) is 5.38. The number of nitrogens with one attached hydrogen (secondary N) is 2. The second-order valence-electron chi connectivity index (χ2n) is 4.97. The number of rotatable bonds is 4. The predicted molar refractivity (Wildman–Crippen MR) is 94.0 cm³/mol. The molecule has 1 heterocycles. The van der Waals surface area contributed by atoms with Crippen molar-refractivity contribution < 1.29 is 4.39 Å². The Hall–Kier alpha value is -2.73. The molecule has 0 aliphatic rings. The number of halogens is 1. The van der Waals surface area contributed by atoms with Gasteiger partial charge in [-0.2, -0.15) is 5.10 Å². The molecule has 1 aromatic heterocycles. The molecule has 0 saturated heterocycles. The van der Waals surface area contributed by atoms with Crippen LogP contribution >= 0.6 is 12.2 Å². The summed E-state index contributed by atoms with van der Waals surface area (Å²) in [5.74, 6) is 0.319. The first-order valence-electron chi connectivity index (χ1n) is 7.10. The normalized spacial score (nSPS) is 10.3. The summed E-state index contributed by atoms with van der Waals surface area (Å²) in [6.45, 7) is 0.687. The van der Waals surface area contributed by atoms with Gasteiger partial charge in [0.15, 0.2) is 10.9 Å². The van der Waals surface area contributed by atoms with Crippen molar-refractivity contribution in [3.63, 3.8) is 0 Å². The van der Waals surface area contributed by atoms with Crippen LogP contribution in [0.2, 0.25) is 0 Å². The Morgan fingerprint density at radius 3 is 2.65 bits per heavy atom. The average molecular weight is 326 g/mol. The van der Waals surface area contributed by atoms with Gasteiger partial charge in [0.1, 0.15) is 5.82 Å². The van der Waals surface area contributed by atoms with Crippen LogP contribution in [0.4, 0.5) is 15.9 Å². The third kappa shape index (κ3) is 4.37. The fourth-order valence-electron chi connectivity index (χ4n) is 2.13. The van der Waals surface area contributed by atoms with Gasteiger partial charge < -0.3 is 10.6 Å². The lowest BCUT2D eigenvalue weighted by Crippen LogP contribution is -2.19. The summed E-state index contributed by atoms with van der Waals surface area (Å²) in [4.78, 5) is 0. The summed E-state index contributed by atoms with van der Waals surface area (Å²) in [5.41, 5.74) is 1.76. The highest BCUT2D eigenvalue weighted by atomic mass is 32.1. The summed E-state index contributed by atoms with van der Waals surface area (Å²) in [7, 11) is 0. The highest BCUT2D eigenvalue weighted by molar-refractivity contribution is 7.80. The molecule has 23 heavy (non-hydrogen) atoms. The average Bonchev–Trinajstić information content (AvgIpc) is 2.95. The van der Waals surface area contributed by atoms with Crippen molar-refractivity contribution in [2.75, 3.05) is 10.6 Å². The van der Waals surface area contributed by atoms with Crippen molar-refractivity contribution in [1.29, 1.82) is 0 Å². The molecule has 2 aromatic carbocycles. The number of nitrogens with zero attached hydrogens (tertiary/aromatic N) is 2. The molecule has 3 aromatic rings. The highest BCUT2D eigenvalue weighted by Gasteiger charge is 2.03. The Balaban J connectivity index is 1.59. The Morgan fingerprint density at radius 2 is 1.87 bits per heavy atom. The number of aromatic nitrogens is 2. The van der Waals surface area contributed by atoms with E-state index in [1.165, 1.54) is 17.7 Å². The van der Waals surface area contributed by atoms with Gasteiger partial charge in [-0.3, -0.25) is 4.68 Å². The number of thiocarbonyl (C=S) groups is 1. The molecular formula is C17H15FN4S. The molecule has 0 fully saturated rings. The third-order valence-electron chi connectivity index (χ3n) is 3.15. The lowest BCUT2D eigenvalue weighted by atomic mass is 10.2. The van der Waals surface area contributed by atoms with E-state index in [9.17, 15) is 4.39 Å². The molecule has 6 heteroatoms. The molecule has 3 rings (SSSR count). The molecule has 0 radical (unpaired) electrons. The lowest BCUT2D eigenvalue weighted by molar-refractivity contribution is 0.628. The summed E-state index contributed by atoms with van der Waals surface area (Å²) in [6, 6.07) is 18.0. The molecule has 116 valence electrons. The molecule has 0 amide bonds. The third-order valence-corrected chi connectivity index (χ3v) is 3.36. The summed E-state index contributed by atoms with van der Waals surface area (Å²) >= 11 is 5.21. The van der Waals surface area contributed by atoms with E-state index in [1.807, 2.05) is 47.3 Å². The molecule has 0 atom stereocenters. The highest BCUT2D eigenvalue weighted by Crippen LogP contribution is 2.11. The lowest BCUT2D eigenvalue weighted by Gasteiger charge is -2.08. The first-order chi connectivity index (χ1) is 11.2. The van der Waals surface area contributed by atoms with Crippen LogP contribution in [0, 0.1) is 5.82 Å². The molecule has 0 saturated carbocycles. The van der Waals surface area contributed by atoms with Gasteiger partial charge in [-0.15, -0.1) is 0 Å². The van der Waals surface area contributed by atoms with Gasteiger partial charge in [0.25, 0.3) is 0 Å². The van der Waals surface area contributed by atoms with Crippen LogP contribution in [-0.4, -0.2) is 14.9 Å². The summed E-state index contributed by atoms with van der Waals surface area (Å²) < 4.78 is 15.0. The zero-order valence-corrected chi connectivity index (χ0v) is 13.1. The van der Waals surface area contributed by atoms with Crippen LogP contribution in [0.25, 0.3) is 0 Å². The SMILES string of the molecule is Fc1cccc(NC(=S)Nc2ccn(Cc3ccccc3)n2)c1. The van der Waals surface area contributed by atoms with Gasteiger partial charge in [0.2, 0.25) is 0 Å². The topological polar surface area (TPSA) is 41.9 Å². The number of anilines is 2. The first-order valence-corrected chi connectivity index (χ1v) is 7.51. The maximum atomic E-state index is 13.1. The zero-order valence-electron chi connectivity index (χ0n) is 12.2.